The van der Waals surface area contributed by atoms with Crippen LogP contribution in [0.15, 0.2) is 18.3 Å². The van der Waals surface area contributed by atoms with Crippen molar-refractivity contribution in [3.63, 3.8) is 0 Å². The van der Waals surface area contributed by atoms with Crippen LogP contribution in [0.4, 0.5) is 5.69 Å². The van der Waals surface area contributed by atoms with Crippen LogP contribution in [0.2, 0.25) is 5.15 Å². The van der Waals surface area contributed by atoms with Gasteiger partial charge in [0, 0.05) is 29.2 Å². The maximum Gasteiger partial charge on any atom is 0.306 e. The fourth-order valence-corrected chi connectivity index (χ4v) is 2.32. The molecule has 0 aliphatic heterocycles. The number of aromatic amines is 1. The van der Waals surface area contributed by atoms with Crippen LogP contribution >= 0.6 is 11.6 Å². The molecule has 0 saturated carbocycles. The second-order valence-corrected chi connectivity index (χ2v) is 5.82. The van der Waals surface area contributed by atoms with Crippen LogP contribution in [0.3, 0.4) is 0 Å². The average Bonchev–Trinajstić information content (AvgIpc) is 2.93. The van der Waals surface area contributed by atoms with E-state index in [1.165, 1.54) is 0 Å². The zero-order valence-electron chi connectivity index (χ0n) is 13.5. The van der Waals surface area contributed by atoms with Crippen LogP contribution < -0.4 is 5.32 Å². The zero-order chi connectivity index (χ0) is 16.8. The third-order valence-electron chi connectivity index (χ3n) is 3.13. The Morgan fingerprint density at radius 1 is 1.43 bits per heavy atom. The van der Waals surface area contributed by atoms with E-state index >= 15 is 0 Å². The van der Waals surface area contributed by atoms with E-state index in [9.17, 15) is 4.79 Å². The minimum Gasteiger partial charge on any atom is -0.466 e. The number of hydrogen-bond acceptors (Lipinski definition) is 5. The summed E-state index contributed by atoms with van der Waals surface area (Å²) in [4.78, 5) is 15.5. The minimum atomic E-state index is -0.209. The largest absolute Gasteiger partial charge is 0.466 e. The molecule has 0 saturated heterocycles. The number of carbonyl (C=O) groups is 1. The van der Waals surface area contributed by atoms with E-state index in [0.29, 0.717) is 24.6 Å². The number of rotatable bonds is 7. The Balaban J connectivity index is 2.15. The Kier molecular flexibility index (Phi) is 5.98. The van der Waals surface area contributed by atoms with Crippen LogP contribution in [0.5, 0.6) is 0 Å². The normalized spacial score (nSPS) is 10.8. The molecule has 0 atom stereocenters. The standard InChI is InChI=1S/C16H21ClN4O2/c1-4-23-16(22)6-5-11-7-14(21-20-11)12-9-18-15(17)8-13(12)19-10(2)3/h7-10H,4-6H2,1-3H3,(H,18,19)(H,20,21). The van der Waals surface area contributed by atoms with Crippen LogP contribution in [-0.4, -0.2) is 33.8 Å². The van der Waals surface area contributed by atoms with Gasteiger partial charge in [-0.3, -0.25) is 9.89 Å². The van der Waals surface area contributed by atoms with Gasteiger partial charge in [0.05, 0.1) is 18.7 Å². The number of pyridine rings is 1. The lowest BCUT2D eigenvalue weighted by atomic mass is 10.1. The topological polar surface area (TPSA) is 79.9 Å². The highest BCUT2D eigenvalue weighted by Crippen LogP contribution is 2.29. The minimum absolute atomic E-state index is 0.209. The Morgan fingerprint density at radius 3 is 2.91 bits per heavy atom. The van der Waals surface area contributed by atoms with Gasteiger partial charge in [-0.1, -0.05) is 11.6 Å². The summed E-state index contributed by atoms with van der Waals surface area (Å²) in [6, 6.07) is 3.95. The molecule has 0 amide bonds. The Labute approximate surface area is 140 Å². The summed E-state index contributed by atoms with van der Waals surface area (Å²) in [7, 11) is 0. The lowest BCUT2D eigenvalue weighted by Gasteiger charge is -2.13. The van der Waals surface area contributed by atoms with Crippen molar-refractivity contribution in [1.82, 2.24) is 15.2 Å². The van der Waals surface area contributed by atoms with E-state index in [1.54, 1.807) is 19.2 Å². The molecule has 0 aliphatic rings. The smallest absolute Gasteiger partial charge is 0.306 e. The summed E-state index contributed by atoms with van der Waals surface area (Å²) in [5.41, 5.74) is 3.37. The monoisotopic (exact) mass is 336 g/mol. The number of aromatic nitrogens is 3. The van der Waals surface area contributed by atoms with Crippen molar-refractivity contribution in [3.05, 3.63) is 29.2 Å². The number of carbonyl (C=O) groups excluding carboxylic acids is 1. The first kappa shape index (κ1) is 17.3. The van der Waals surface area contributed by atoms with E-state index in [2.05, 4.69) is 20.5 Å². The molecule has 0 spiro atoms. The molecular formula is C16H21ClN4O2. The molecule has 0 bridgehead atoms. The van der Waals surface area contributed by atoms with Crippen molar-refractivity contribution in [3.8, 4) is 11.3 Å². The van der Waals surface area contributed by atoms with Crippen molar-refractivity contribution < 1.29 is 9.53 Å². The second-order valence-electron chi connectivity index (χ2n) is 5.44. The SMILES string of the molecule is CCOC(=O)CCc1cc(-c2cnc(Cl)cc2NC(C)C)n[nH]1. The van der Waals surface area contributed by atoms with Crippen molar-refractivity contribution >= 4 is 23.3 Å². The van der Waals surface area contributed by atoms with Crippen molar-refractivity contribution in [1.29, 1.82) is 0 Å². The molecular weight excluding hydrogens is 316 g/mol. The van der Waals surface area contributed by atoms with Gasteiger partial charge in [-0.05, 0) is 39.3 Å². The second kappa shape index (κ2) is 7.97. The number of nitrogens with one attached hydrogen (secondary N) is 2. The van der Waals surface area contributed by atoms with E-state index in [-0.39, 0.29) is 12.0 Å². The van der Waals surface area contributed by atoms with Gasteiger partial charge in [0.2, 0.25) is 0 Å². The van der Waals surface area contributed by atoms with Crippen LogP contribution in [0.1, 0.15) is 32.9 Å². The number of nitrogens with zero attached hydrogens (tertiary/aromatic N) is 2. The summed E-state index contributed by atoms with van der Waals surface area (Å²) in [6.07, 6.45) is 2.57. The quantitative estimate of drug-likeness (QED) is 0.598. The zero-order valence-corrected chi connectivity index (χ0v) is 14.3. The highest BCUT2D eigenvalue weighted by atomic mass is 35.5. The summed E-state index contributed by atoms with van der Waals surface area (Å²) < 4.78 is 4.92. The third-order valence-corrected chi connectivity index (χ3v) is 3.33. The number of esters is 1. The van der Waals surface area contributed by atoms with Gasteiger partial charge in [-0.25, -0.2) is 4.98 Å². The van der Waals surface area contributed by atoms with E-state index in [1.807, 2.05) is 19.9 Å². The van der Waals surface area contributed by atoms with Gasteiger partial charge in [-0.2, -0.15) is 5.10 Å². The van der Waals surface area contributed by atoms with Gasteiger partial charge < -0.3 is 10.1 Å². The van der Waals surface area contributed by atoms with Gasteiger partial charge in [-0.15, -0.1) is 0 Å². The molecule has 2 rings (SSSR count). The molecule has 2 aromatic heterocycles. The highest BCUT2D eigenvalue weighted by molar-refractivity contribution is 6.29. The summed E-state index contributed by atoms with van der Waals surface area (Å²) >= 11 is 5.98. The predicted molar refractivity (Wildman–Crippen MR) is 90.5 cm³/mol. The molecule has 0 unspecified atom stereocenters. The Bertz CT molecular complexity index is 670. The number of ether oxygens (including phenoxy) is 1. The van der Waals surface area contributed by atoms with Crippen molar-refractivity contribution in [2.45, 2.75) is 39.7 Å². The number of anilines is 1. The van der Waals surface area contributed by atoms with E-state index in [4.69, 9.17) is 16.3 Å². The summed E-state index contributed by atoms with van der Waals surface area (Å²) in [5, 5.41) is 11.0. The molecule has 23 heavy (non-hydrogen) atoms. The number of H-pyrrole nitrogens is 1. The van der Waals surface area contributed by atoms with Gasteiger partial charge in [0.25, 0.3) is 0 Å². The lowest BCUT2D eigenvalue weighted by molar-refractivity contribution is -0.143. The molecule has 0 fully saturated rings. The maximum absolute atomic E-state index is 11.4. The van der Waals surface area contributed by atoms with E-state index in [0.717, 1.165) is 22.6 Å². The molecule has 2 N–H and O–H groups in total. The third kappa shape index (κ3) is 4.96. The van der Waals surface area contributed by atoms with Crippen molar-refractivity contribution in [2.24, 2.45) is 0 Å². The first-order valence-electron chi connectivity index (χ1n) is 7.62. The molecule has 2 heterocycles. The first-order valence-corrected chi connectivity index (χ1v) is 7.99. The number of halogens is 1. The highest BCUT2D eigenvalue weighted by Gasteiger charge is 2.12. The molecule has 0 radical (unpaired) electrons. The van der Waals surface area contributed by atoms with Gasteiger partial charge >= 0.3 is 5.97 Å². The van der Waals surface area contributed by atoms with E-state index < -0.39 is 0 Å². The first-order chi connectivity index (χ1) is 11.0. The molecule has 0 aliphatic carbocycles. The number of aryl methyl sites for hydroxylation is 1. The molecule has 7 heteroatoms. The molecule has 124 valence electrons. The maximum atomic E-state index is 11.4. The molecule has 0 aromatic carbocycles. The number of hydrogen-bond donors (Lipinski definition) is 2. The molecule has 6 nitrogen and oxygen atoms in total. The molecule has 2 aromatic rings. The Morgan fingerprint density at radius 2 is 2.22 bits per heavy atom. The van der Waals surface area contributed by atoms with Crippen LogP contribution in [-0.2, 0) is 16.0 Å². The fraction of sp³-hybridized carbons (Fsp3) is 0.438. The summed E-state index contributed by atoms with van der Waals surface area (Å²) in [6.45, 7) is 6.29. The Hall–Kier alpha value is -2.08. The summed E-state index contributed by atoms with van der Waals surface area (Å²) in [5.74, 6) is -0.209. The van der Waals surface area contributed by atoms with Crippen LogP contribution in [0.25, 0.3) is 11.3 Å². The fourth-order valence-electron chi connectivity index (χ4n) is 2.16. The lowest BCUT2D eigenvalue weighted by Crippen LogP contribution is -2.10. The average molecular weight is 337 g/mol. The predicted octanol–water partition coefficient (Wildman–Crippen LogP) is 3.44. The van der Waals surface area contributed by atoms with Crippen LogP contribution in [0, 0.1) is 0 Å². The van der Waals surface area contributed by atoms with Crippen molar-refractivity contribution in [2.75, 3.05) is 11.9 Å². The van der Waals surface area contributed by atoms with Gasteiger partial charge in [0.1, 0.15) is 5.15 Å². The van der Waals surface area contributed by atoms with Gasteiger partial charge in [0.15, 0.2) is 0 Å².